The Hall–Kier alpha value is -0.990. The smallest absolute Gasteiger partial charge is 0.331 e. The highest BCUT2D eigenvalue weighted by Crippen LogP contribution is 2.70. The molecule has 2 heterocycles. The van der Waals surface area contributed by atoms with E-state index in [1.54, 1.807) is 6.08 Å². The third kappa shape index (κ3) is 3.13. The van der Waals surface area contributed by atoms with Gasteiger partial charge in [-0.2, -0.15) is 0 Å². The van der Waals surface area contributed by atoms with Crippen molar-refractivity contribution in [2.45, 2.75) is 114 Å². The number of hydrogen-bond acceptors (Lipinski definition) is 7. The molecular formula is C29H42O7. The number of cyclic esters (lactones) is 1. The molecule has 6 fully saturated rings. The Morgan fingerprint density at radius 1 is 1.00 bits per heavy atom. The second-order valence-corrected chi connectivity index (χ2v) is 13.7. The van der Waals surface area contributed by atoms with E-state index in [1.165, 1.54) is 0 Å². The van der Waals surface area contributed by atoms with Crippen molar-refractivity contribution in [1.82, 2.24) is 0 Å². The van der Waals surface area contributed by atoms with Crippen molar-refractivity contribution in [3.63, 3.8) is 0 Å². The molecule has 36 heavy (non-hydrogen) atoms. The summed E-state index contributed by atoms with van der Waals surface area (Å²) in [6, 6.07) is 0. The summed E-state index contributed by atoms with van der Waals surface area (Å²) in [6.45, 7) is 5.14. The normalized spacial score (nSPS) is 57.7. The van der Waals surface area contributed by atoms with Crippen LogP contribution in [0.15, 0.2) is 11.6 Å². The largest absolute Gasteiger partial charge is 0.458 e. The molecular weight excluding hydrogens is 460 g/mol. The van der Waals surface area contributed by atoms with E-state index < -0.39 is 24.1 Å². The highest BCUT2D eigenvalue weighted by atomic mass is 16.7. The number of fused-ring (bicyclic) bond motifs is 6. The van der Waals surface area contributed by atoms with Crippen molar-refractivity contribution in [3.8, 4) is 0 Å². The summed E-state index contributed by atoms with van der Waals surface area (Å²) >= 11 is 0. The molecule has 1 saturated heterocycles. The number of carbonyl (C=O) groups excluding carboxylic acids is 1. The molecule has 5 saturated carbocycles. The third-order valence-corrected chi connectivity index (χ3v) is 12.6. The fourth-order valence-electron chi connectivity index (χ4n) is 10.4. The van der Waals surface area contributed by atoms with Gasteiger partial charge in [-0.05, 0) is 92.4 Å². The molecule has 7 heteroatoms. The second kappa shape index (κ2) is 8.01. The standard InChI is InChI=1S/C29H42O7/c1-27-8-5-17(35-26-25(32)24-21(30)13-22(24)36-26)12-16(27)3-4-20-19(27)6-9-28(2)18(7-10-29(20,28)33)15-11-23(31)34-14-15/h11,16-22,24-26,30,32-33H,3-10,12-14H2,1-2H3/t16-,17+,18-,19?,20?,21+,22?,24?,25?,26+,27+,28-,29+/m1/s1. The van der Waals surface area contributed by atoms with Crippen LogP contribution in [-0.4, -0.2) is 64.2 Å². The Labute approximate surface area is 213 Å². The van der Waals surface area contributed by atoms with Crippen LogP contribution >= 0.6 is 0 Å². The van der Waals surface area contributed by atoms with Crippen LogP contribution in [0.25, 0.3) is 0 Å². The van der Waals surface area contributed by atoms with E-state index in [0.717, 1.165) is 63.4 Å². The number of carbonyl (C=O) groups is 1. The summed E-state index contributed by atoms with van der Waals surface area (Å²) in [7, 11) is 0. The number of aliphatic hydroxyl groups is 3. The SMILES string of the molecule is C[C@]12CC[C@H](O[C@H]3OC4C[C@H](O)C4C3O)C[C@H]1CCC1C2CC[C@]2(C)[C@@H](C3=CC(=O)OC3)CC[C@]12O. The number of rotatable bonds is 3. The van der Waals surface area contributed by atoms with E-state index in [2.05, 4.69) is 13.8 Å². The van der Waals surface area contributed by atoms with E-state index in [-0.39, 0.29) is 40.8 Å². The molecule has 3 N–H and O–H groups in total. The molecule has 5 unspecified atom stereocenters. The molecule has 7 nitrogen and oxygen atoms in total. The van der Waals surface area contributed by atoms with Gasteiger partial charge in [-0.1, -0.05) is 13.8 Å². The lowest BCUT2D eigenvalue weighted by Crippen LogP contribution is -2.62. The van der Waals surface area contributed by atoms with E-state index in [0.29, 0.717) is 30.8 Å². The molecule has 13 atom stereocenters. The van der Waals surface area contributed by atoms with Crippen molar-refractivity contribution in [2.75, 3.05) is 6.61 Å². The topological polar surface area (TPSA) is 105 Å². The van der Waals surface area contributed by atoms with Crippen molar-refractivity contribution < 1.29 is 34.3 Å². The molecule has 200 valence electrons. The molecule has 0 aromatic heterocycles. The van der Waals surface area contributed by atoms with Crippen LogP contribution in [-0.2, 0) is 19.0 Å². The van der Waals surface area contributed by atoms with Crippen LogP contribution in [0, 0.1) is 40.4 Å². The van der Waals surface area contributed by atoms with Gasteiger partial charge in [0.25, 0.3) is 0 Å². The second-order valence-electron chi connectivity index (χ2n) is 13.7. The minimum Gasteiger partial charge on any atom is -0.458 e. The summed E-state index contributed by atoms with van der Waals surface area (Å²) < 4.78 is 17.5. The average Bonchev–Trinajstić information content (AvgIpc) is 3.45. The third-order valence-electron chi connectivity index (χ3n) is 12.6. The molecule has 0 aromatic carbocycles. The summed E-state index contributed by atoms with van der Waals surface area (Å²) in [4.78, 5) is 11.8. The van der Waals surface area contributed by atoms with Crippen molar-refractivity contribution >= 4 is 5.97 Å². The van der Waals surface area contributed by atoms with Crippen LogP contribution in [0.4, 0.5) is 0 Å². The molecule has 5 aliphatic carbocycles. The molecule has 0 amide bonds. The Morgan fingerprint density at radius 3 is 2.56 bits per heavy atom. The lowest BCUT2D eigenvalue weighted by atomic mass is 9.43. The zero-order valence-corrected chi connectivity index (χ0v) is 21.6. The predicted molar refractivity (Wildman–Crippen MR) is 129 cm³/mol. The van der Waals surface area contributed by atoms with Gasteiger partial charge in [0.15, 0.2) is 6.29 Å². The average molecular weight is 503 g/mol. The van der Waals surface area contributed by atoms with Gasteiger partial charge in [-0.15, -0.1) is 0 Å². The molecule has 2 aliphatic heterocycles. The summed E-state index contributed by atoms with van der Waals surface area (Å²) in [5.74, 6) is 1.16. The quantitative estimate of drug-likeness (QED) is 0.510. The maximum absolute atomic E-state index is 12.4. The Balaban J connectivity index is 1.06. The lowest BCUT2D eigenvalue weighted by molar-refractivity contribution is -0.230. The Bertz CT molecular complexity index is 965. The maximum Gasteiger partial charge on any atom is 0.331 e. The van der Waals surface area contributed by atoms with Gasteiger partial charge >= 0.3 is 5.97 Å². The van der Waals surface area contributed by atoms with Crippen LogP contribution in [0.2, 0.25) is 0 Å². The fourth-order valence-corrected chi connectivity index (χ4v) is 10.4. The van der Waals surface area contributed by atoms with E-state index in [9.17, 15) is 20.1 Å². The maximum atomic E-state index is 12.4. The Morgan fingerprint density at radius 2 is 1.83 bits per heavy atom. The van der Waals surface area contributed by atoms with Crippen molar-refractivity contribution in [1.29, 1.82) is 0 Å². The summed E-state index contributed by atoms with van der Waals surface area (Å²) in [6.07, 6.45) is 9.50. The molecule has 0 bridgehead atoms. The van der Waals surface area contributed by atoms with Gasteiger partial charge in [0.05, 0.1) is 23.9 Å². The van der Waals surface area contributed by atoms with Gasteiger partial charge in [0.1, 0.15) is 12.7 Å². The predicted octanol–water partition coefficient (Wildman–Crippen LogP) is 3.10. The highest BCUT2D eigenvalue weighted by Gasteiger charge is 2.68. The first kappa shape index (κ1) is 24.1. The van der Waals surface area contributed by atoms with Crippen molar-refractivity contribution in [2.24, 2.45) is 40.4 Å². The minimum absolute atomic E-state index is 0.0681. The number of ether oxygens (including phenoxy) is 3. The number of hydrogen-bond donors (Lipinski definition) is 3. The van der Waals surface area contributed by atoms with Gasteiger partial charge < -0.3 is 29.5 Å². The summed E-state index contributed by atoms with van der Waals surface area (Å²) in [5, 5.41) is 32.9. The van der Waals surface area contributed by atoms with E-state index >= 15 is 0 Å². The molecule has 0 spiro atoms. The first-order valence-electron chi connectivity index (χ1n) is 14.4. The number of esters is 1. The lowest BCUT2D eigenvalue weighted by Gasteiger charge is -2.63. The fraction of sp³-hybridized carbons (Fsp3) is 0.897. The van der Waals surface area contributed by atoms with Gasteiger partial charge in [0.2, 0.25) is 0 Å². The minimum atomic E-state index is -0.737. The molecule has 0 aromatic rings. The molecule has 7 rings (SSSR count). The monoisotopic (exact) mass is 502 g/mol. The van der Waals surface area contributed by atoms with E-state index in [4.69, 9.17) is 14.2 Å². The van der Waals surface area contributed by atoms with Gasteiger partial charge in [0, 0.05) is 23.8 Å². The van der Waals surface area contributed by atoms with Crippen LogP contribution in [0.3, 0.4) is 0 Å². The van der Waals surface area contributed by atoms with Crippen molar-refractivity contribution in [3.05, 3.63) is 11.6 Å². The van der Waals surface area contributed by atoms with Crippen LogP contribution in [0.5, 0.6) is 0 Å². The van der Waals surface area contributed by atoms with E-state index in [1.807, 2.05) is 0 Å². The van der Waals surface area contributed by atoms with Gasteiger partial charge in [-0.25, -0.2) is 4.79 Å². The summed E-state index contributed by atoms with van der Waals surface area (Å²) in [5.41, 5.74) is 0.397. The zero-order chi connectivity index (χ0) is 25.0. The van der Waals surface area contributed by atoms with Crippen LogP contribution < -0.4 is 0 Å². The van der Waals surface area contributed by atoms with Crippen LogP contribution in [0.1, 0.15) is 78.1 Å². The number of aliphatic hydroxyl groups excluding tert-OH is 2. The first-order chi connectivity index (χ1) is 17.1. The Kier molecular flexibility index (Phi) is 5.36. The molecule has 7 aliphatic rings. The molecule has 0 radical (unpaired) electrons. The zero-order valence-electron chi connectivity index (χ0n) is 21.6. The van der Waals surface area contributed by atoms with Gasteiger partial charge in [-0.3, -0.25) is 0 Å². The first-order valence-corrected chi connectivity index (χ1v) is 14.4. The highest BCUT2D eigenvalue weighted by molar-refractivity contribution is 5.85.